The molecule has 6 rings (SSSR count). The van der Waals surface area contributed by atoms with Gasteiger partial charge in [-0.2, -0.15) is 5.10 Å². The number of rotatable bonds is 2. The van der Waals surface area contributed by atoms with E-state index >= 15 is 0 Å². The Morgan fingerprint density at radius 3 is 2.63 bits per heavy atom. The number of aromatic nitrogens is 4. The second-order valence-electron chi connectivity index (χ2n) is 9.49. The molecule has 35 heavy (non-hydrogen) atoms. The summed E-state index contributed by atoms with van der Waals surface area (Å²) in [7, 11) is 3.67. The molecule has 4 heterocycles. The molecule has 1 fully saturated rings. The van der Waals surface area contributed by atoms with Crippen molar-refractivity contribution in [3.63, 3.8) is 0 Å². The zero-order valence-electron chi connectivity index (χ0n) is 19.7. The molecule has 3 atom stereocenters. The number of nitrogens with zero attached hydrogens (tertiary/aromatic N) is 5. The quantitative estimate of drug-likeness (QED) is 0.468. The number of carbonyl (C=O) groups is 2. The Kier molecular flexibility index (Phi) is 4.96. The van der Waals surface area contributed by atoms with Crippen LogP contribution in [0.2, 0.25) is 5.02 Å². The minimum atomic E-state index is -0.132. The summed E-state index contributed by atoms with van der Waals surface area (Å²) in [5.41, 5.74) is 5.43. The van der Waals surface area contributed by atoms with E-state index in [1.807, 2.05) is 47.7 Å². The fourth-order valence-corrected chi connectivity index (χ4v) is 6.07. The molecule has 1 saturated heterocycles. The second-order valence-corrected chi connectivity index (χ2v) is 9.89. The highest BCUT2D eigenvalue weighted by Crippen LogP contribution is 2.41. The fraction of sp³-hybridized carbons (Fsp3) is 0.308. The number of imidazole rings is 1. The van der Waals surface area contributed by atoms with Crippen molar-refractivity contribution in [2.24, 2.45) is 14.1 Å². The maximum atomic E-state index is 13.9. The number of aryl methyl sites for hydroxylation is 3. The summed E-state index contributed by atoms with van der Waals surface area (Å²) >= 11 is 6.50. The smallest absolute Gasteiger partial charge is 0.270 e. The Bertz CT molecular complexity index is 1490. The number of benzene rings is 2. The summed E-state index contributed by atoms with van der Waals surface area (Å²) in [6.45, 7) is 2.90. The van der Waals surface area contributed by atoms with Gasteiger partial charge in [0.1, 0.15) is 11.2 Å². The van der Waals surface area contributed by atoms with Gasteiger partial charge in [0.25, 0.3) is 11.8 Å². The number of piperidine rings is 1. The molecule has 2 aromatic carbocycles. The van der Waals surface area contributed by atoms with E-state index < -0.39 is 0 Å². The molecule has 0 bridgehead atoms. The van der Waals surface area contributed by atoms with Crippen LogP contribution in [0, 0.1) is 6.92 Å². The molecule has 2 aromatic heterocycles. The van der Waals surface area contributed by atoms with Crippen LogP contribution >= 0.6 is 11.6 Å². The van der Waals surface area contributed by atoms with Crippen LogP contribution in [0.5, 0.6) is 0 Å². The van der Waals surface area contributed by atoms with Crippen LogP contribution in [-0.4, -0.2) is 55.2 Å². The first-order valence-electron chi connectivity index (χ1n) is 11.6. The van der Waals surface area contributed by atoms with Gasteiger partial charge in [0, 0.05) is 56.2 Å². The molecule has 1 unspecified atom stereocenters. The van der Waals surface area contributed by atoms with Crippen molar-refractivity contribution >= 4 is 34.4 Å². The highest BCUT2D eigenvalue weighted by molar-refractivity contribution is 6.35. The average Bonchev–Trinajstić information content (AvgIpc) is 3.38. The van der Waals surface area contributed by atoms with E-state index in [0.717, 1.165) is 22.3 Å². The van der Waals surface area contributed by atoms with Crippen LogP contribution in [0.4, 0.5) is 0 Å². The number of halogens is 1. The Hall–Kier alpha value is -3.65. The van der Waals surface area contributed by atoms with Crippen molar-refractivity contribution < 1.29 is 9.59 Å². The highest BCUT2D eigenvalue weighted by atomic mass is 35.5. The van der Waals surface area contributed by atoms with Gasteiger partial charge < -0.3 is 14.8 Å². The predicted octanol–water partition coefficient (Wildman–Crippen LogP) is 3.40. The maximum absolute atomic E-state index is 13.9. The molecule has 0 aliphatic carbocycles. The average molecular weight is 489 g/mol. The lowest BCUT2D eigenvalue weighted by Crippen LogP contribution is -2.58. The molecule has 9 heteroatoms. The molecule has 0 radical (unpaired) electrons. The van der Waals surface area contributed by atoms with Gasteiger partial charge in [0.2, 0.25) is 0 Å². The van der Waals surface area contributed by atoms with Gasteiger partial charge in [-0.15, -0.1) is 0 Å². The monoisotopic (exact) mass is 488 g/mol. The largest absolute Gasteiger partial charge is 0.347 e. The number of hydrogen-bond acceptors (Lipinski definition) is 4. The summed E-state index contributed by atoms with van der Waals surface area (Å²) < 4.78 is 3.50. The Morgan fingerprint density at radius 2 is 1.86 bits per heavy atom. The molecule has 0 spiro atoms. The maximum Gasteiger partial charge on any atom is 0.270 e. The molecule has 1 N–H and O–H groups in total. The number of amides is 2. The van der Waals surface area contributed by atoms with E-state index in [4.69, 9.17) is 11.6 Å². The van der Waals surface area contributed by atoms with Crippen molar-refractivity contribution in [2.45, 2.75) is 24.8 Å². The van der Waals surface area contributed by atoms with E-state index in [9.17, 15) is 9.59 Å². The van der Waals surface area contributed by atoms with Crippen molar-refractivity contribution in [1.29, 1.82) is 0 Å². The number of nitrogens with one attached hydrogen (secondary N) is 1. The minimum Gasteiger partial charge on any atom is -0.347 e. The first kappa shape index (κ1) is 21.9. The molecule has 2 aliphatic heterocycles. The lowest BCUT2D eigenvalue weighted by atomic mass is 9.74. The summed E-state index contributed by atoms with van der Waals surface area (Å²) in [6, 6.07) is 13.5. The molecule has 4 aromatic rings. The number of fused-ring (bicyclic) bond motifs is 4. The van der Waals surface area contributed by atoms with Gasteiger partial charge in [-0.25, -0.2) is 4.98 Å². The fourth-order valence-electron chi connectivity index (χ4n) is 5.81. The number of hydrogen-bond donors (Lipinski definition) is 1. The number of likely N-dealkylation sites (tertiary alicyclic amines) is 1. The molecule has 0 saturated carbocycles. The zero-order chi connectivity index (χ0) is 24.4. The predicted molar refractivity (Wildman–Crippen MR) is 133 cm³/mol. The van der Waals surface area contributed by atoms with E-state index in [1.165, 1.54) is 0 Å². The molecule has 2 amide bonds. The van der Waals surface area contributed by atoms with E-state index in [0.29, 0.717) is 34.9 Å². The van der Waals surface area contributed by atoms with Crippen molar-refractivity contribution in [2.75, 3.05) is 13.1 Å². The van der Waals surface area contributed by atoms with Crippen LogP contribution in [0.15, 0.2) is 48.8 Å². The zero-order valence-corrected chi connectivity index (χ0v) is 20.5. The van der Waals surface area contributed by atoms with Crippen molar-refractivity contribution in [1.82, 2.24) is 29.5 Å². The third-order valence-corrected chi connectivity index (χ3v) is 7.69. The van der Waals surface area contributed by atoms with E-state index in [1.54, 1.807) is 24.1 Å². The van der Waals surface area contributed by atoms with E-state index in [-0.39, 0.29) is 29.7 Å². The van der Waals surface area contributed by atoms with Crippen LogP contribution in [0.3, 0.4) is 0 Å². The summed E-state index contributed by atoms with van der Waals surface area (Å²) in [4.78, 5) is 33.2. The summed E-state index contributed by atoms with van der Waals surface area (Å²) in [6.07, 6.45) is 1.69. The molecular formula is C26H25ClN6O2. The van der Waals surface area contributed by atoms with Crippen molar-refractivity contribution in [3.05, 3.63) is 81.9 Å². The molecule has 8 nitrogen and oxygen atoms in total. The topological polar surface area (TPSA) is 85.1 Å². The molecule has 178 valence electrons. The first-order valence-corrected chi connectivity index (χ1v) is 12.0. The van der Waals surface area contributed by atoms with Crippen LogP contribution in [0.25, 0.3) is 11.0 Å². The lowest BCUT2D eigenvalue weighted by molar-refractivity contribution is 0.0623. The Labute approximate surface area is 207 Å². The molecule has 2 aliphatic rings. The summed E-state index contributed by atoms with van der Waals surface area (Å²) in [5.74, 6) is -0.338. The molecular weight excluding hydrogens is 464 g/mol. The van der Waals surface area contributed by atoms with Gasteiger partial charge in [-0.3, -0.25) is 14.3 Å². The second kappa shape index (κ2) is 7.95. The normalized spacial score (nSPS) is 21.5. The first-order chi connectivity index (χ1) is 16.8. The van der Waals surface area contributed by atoms with Gasteiger partial charge in [0.15, 0.2) is 0 Å². The van der Waals surface area contributed by atoms with Gasteiger partial charge in [0.05, 0.1) is 22.6 Å². The Morgan fingerprint density at radius 1 is 1.11 bits per heavy atom. The van der Waals surface area contributed by atoms with Crippen LogP contribution in [-0.2, 0) is 14.1 Å². The standard InChI is InChI=1S/C26H25ClN6O2/c1-14-21-18-12-33(26(35)16-9-19(27)23-20(10-16)31(2)13-28-23)11-17(15-7-5-4-6-8-15)22(18)29-25(34)24(21)32(3)30-14/h4-10,13,17-18,22H,11-12H2,1-3H3,(H,29,34)/t17-,18?,22+/m1/s1. The summed E-state index contributed by atoms with van der Waals surface area (Å²) in [5, 5.41) is 8.23. The van der Waals surface area contributed by atoms with Crippen molar-refractivity contribution in [3.8, 4) is 0 Å². The van der Waals surface area contributed by atoms with Crippen LogP contribution in [0.1, 0.15) is 49.5 Å². The highest BCUT2D eigenvalue weighted by Gasteiger charge is 2.47. The van der Waals surface area contributed by atoms with E-state index in [2.05, 4.69) is 27.5 Å². The van der Waals surface area contributed by atoms with Crippen LogP contribution < -0.4 is 5.32 Å². The van der Waals surface area contributed by atoms with Gasteiger partial charge in [-0.05, 0) is 24.6 Å². The van der Waals surface area contributed by atoms with Gasteiger partial charge in [-0.1, -0.05) is 41.9 Å². The Balaban J connectivity index is 1.45. The lowest BCUT2D eigenvalue weighted by Gasteiger charge is -2.46. The minimum absolute atomic E-state index is 0.0634. The third kappa shape index (κ3) is 3.35. The van der Waals surface area contributed by atoms with Gasteiger partial charge >= 0.3 is 0 Å². The third-order valence-electron chi connectivity index (χ3n) is 7.40. The number of carbonyl (C=O) groups excluding carboxylic acids is 2. The SMILES string of the molecule is Cc1nn(C)c2c1C1CN(C(=O)c3cc(Cl)c4ncn(C)c4c3)C[C@H](c3ccccc3)[C@@H]1NC2=O.